The van der Waals surface area contributed by atoms with Crippen LogP contribution in [-0.2, 0) is 11.2 Å². The van der Waals surface area contributed by atoms with Crippen LogP contribution in [-0.4, -0.2) is 26.3 Å². The highest BCUT2D eigenvalue weighted by atomic mass is 127. The highest BCUT2D eigenvalue weighted by Crippen LogP contribution is 2.32. The number of amides is 1. The van der Waals surface area contributed by atoms with Gasteiger partial charge in [0.15, 0.2) is 11.5 Å². The minimum Gasteiger partial charge on any atom is -0.493 e. The van der Waals surface area contributed by atoms with Gasteiger partial charge in [-0.1, -0.05) is 30.3 Å². The third-order valence-electron chi connectivity index (χ3n) is 3.07. The first-order chi connectivity index (χ1) is 11.1. The lowest BCUT2D eigenvalue weighted by Gasteiger charge is -2.10. The molecule has 0 fully saturated rings. The number of methoxy groups -OCH3 is 2. The van der Waals surface area contributed by atoms with Gasteiger partial charge in [0.25, 0.3) is 0 Å². The number of carbonyl (C=O) groups is 1. The van der Waals surface area contributed by atoms with Crippen molar-refractivity contribution in [2.75, 3.05) is 14.2 Å². The van der Waals surface area contributed by atoms with Crippen molar-refractivity contribution in [2.45, 2.75) is 6.42 Å². The largest absolute Gasteiger partial charge is 0.493 e. The second-order valence-corrected chi connectivity index (χ2v) is 5.86. The van der Waals surface area contributed by atoms with E-state index in [-0.39, 0.29) is 5.91 Å². The summed E-state index contributed by atoms with van der Waals surface area (Å²) >= 11 is 2.16. The van der Waals surface area contributed by atoms with Gasteiger partial charge in [-0.3, -0.25) is 4.79 Å². The molecule has 0 saturated heterocycles. The van der Waals surface area contributed by atoms with E-state index < -0.39 is 0 Å². The van der Waals surface area contributed by atoms with Crippen molar-refractivity contribution in [1.82, 2.24) is 5.43 Å². The molecule has 0 spiro atoms. The van der Waals surface area contributed by atoms with Crippen molar-refractivity contribution in [1.29, 1.82) is 0 Å². The summed E-state index contributed by atoms with van der Waals surface area (Å²) in [7, 11) is 3.17. The number of benzene rings is 2. The summed E-state index contributed by atoms with van der Waals surface area (Å²) in [6.45, 7) is 0. The topological polar surface area (TPSA) is 59.9 Å². The number of nitrogens with one attached hydrogen (secondary N) is 1. The van der Waals surface area contributed by atoms with Gasteiger partial charge in [0, 0.05) is 0 Å². The van der Waals surface area contributed by atoms with Gasteiger partial charge in [-0.15, -0.1) is 0 Å². The molecule has 2 aromatic rings. The molecule has 23 heavy (non-hydrogen) atoms. The van der Waals surface area contributed by atoms with Crippen LogP contribution in [0.25, 0.3) is 0 Å². The van der Waals surface area contributed by atoms with E-state index >= 15 is 0 Å². The molecule has 1 amide bonds. The molecule has 5 nitrogen and oxygen atoms in total. The van der Waals surface area contributed by atoms with Crippen molar-refractivity contribution in [3.05, 3.63) is 57.2 Å². The summed E-state index contributed by atoms with van der Waals surface area (Å²) in [6.07, 6.45) is 1.87. The van der Waals surface area contributed by atoms with Gasteiger partial charge in [-0.2, -0.15) is 5.10 Å². The number of ether oxygens (including phenoxy) is 2. The van der Waals surface area contributed by atoms with Crippen molar-refractivity contribution < 1.29 is 14.3 Å². The van der Waals surface area contributed by atoms with E-state index in [0.29, 0.717) is 17.9 Å². The molecular weight excluding hydrogens is 407 g/mol. The van der Waals surface area contributed by atoms with Gasteiger partial charge in [0.2, 0.25) is 5.91 Å². The van der Waals surface area contributed by atoms with Gasteiger partial charge in [-0.25, -0.2) is 5.43 Å². The summed E-state index contributed by atoms with van der Waals surface area (Å²) in [5.41, 5.74) is 4.28. The fraction of sp³-hybridized carbons (Fsp3) is 0.176. The van der Waals surface area contributed by atoms with Gasteiger partial charge in [0.05, 0.1) is 30.4 Å². The number of carbonyl (C=O) groups excluding carboxylic acids is 1. The normalized spacial score (nSPS) is 10.6. The molecule has 0 aliphatic carbocycles. The molecule has 0 bridgehead atoms. The SMILES string of the molecule is COc1cc(/C=N\NC(=O)Cc2ccccc2)cc(I)c1OC. The number of hydrazone groups is 1. The number of hydrogen-bond acceptors (Lipinski definition) is 4. The van der Waals surface area contributed by atoms with Crippen molar-refractivity contribution in [2.24, 2.45) is 5.10 Å². The Morgan fingerprint density at radius 1 is 1.22 bits per heavy atom. The fourth-order valence-corrected chi connectivity index (χ4v) is 2.86. The van der Waals surface area contributed by atoms with E-state index in [2.05, 4.69) is 33.1 Å². The van der Waals surface area contributed by atoms with Gasteiger partial charge >= 0.3 is 0 Å². The molecule has 0 heterocycles. The van der Waals surface area contributed by atoms with Crippen molar-refractivity contribution in [3.8, 4) is 11.5 Å². The van der Waals surface area contributed by atoms with E-state index in [1.807, 2.05) is 36.4 Å². The van der Waals surface area contributed by atoms with Crippen LogP contribution in [0.5, 0.6) is 11.5 Å². The van der Waals surface area contributed by atoms with Crippen LogP contribution in [0.3, 0.4) is 0 Å². The Labute approximate surface area is 148 Å². The van der Waals surface area contributed by atoms with E-state index in [0.717, 1.165) is 14.7 Å². The molecule has 2 rings (SSSR count). The standard InChI is InChI=1S/C17H17IN2O3/c1-22-15-9-13(8-14(18)17(15)23-2)11-19-20-16(21)10-12-6-4-3-5-7-12/h3-9,11H,10H2,1-2H3,(H,20,21)/b19-11-. The fourth-order valence-electron chi connectivity index (χ4n) is 2.01. The van der Waals surface area contributed by atoms with Gasteiger partial charge < -0.3 is 9.47 Å². The van der Waals surface area contributed by atoms with Crippen molar-refractivity contribution >= 4 is 34.7 Å². The summed E-state index contributed by atoms with van der Waals surface area (Å²) in [5.74, 6) is 1.14. The zero-order valence-electron chi connectivity index (χ0n) is 12.9. The number of nitrogens with zero attached hydrogens (tertiary/aromatic N) is 1. The van der Waals surface area contributed by atoms with Gasteiger partial charge in [-0.05, 0) is 45.9 Å². The maximum absolute atomic E-state index is 11.8. The van der Waals surface area contributed by atoms with Crippen molar-refractivity contribution in [3.63, 3.8) is 0 Å². The zero-order valence-corrected chi connectivity index (χ0v) is 15.0. The number of halogens is 1. The third-order valence-corrected chi connectivity index (χ3v) is 3.87. The quantitative estimate of drug-likeness (QED) is 0.441. The maximum Gasteiger partial charge on any atom is 0.244 e. The molecule has 120 valence electrons. The summed E-state index contributed by atoms with van der Waals surface area (Å²) in [6, 6.07) is 13.2. The molecular formula is C17H17IN2O3. The van der Waals surface area contributed by atoms with Crippen LogP contribution >= 0.6 is 22.6 Å². The molecule has 1 N–H and O–H groups in total. The number of rotatable bonds is 6. The molecule has 0 aromatic heterocycles. The lowest BCUT2D eigenvalue weighted by molar-refractivity contribution is -0.120. The Hall–Kier alpha value is -2.09. The van der Waals surface area contributed by atoms with Gasteiger partial charge in [0.1, 0.15) is 0 Å². The lowest BCUT2D eigenvalue weighted by Crippen LogP contribution is -2.19. The monoisotopic (exact) mass is 424 g/mol. The lowest BCUT2D eigenvalue weighted by atomic mass is 10.1. The highest BCUT2D eigenvalue weighted by Gasteiger charge is 2.09. The first-order valence-corrected chi connectivity index (χ1v) is 7.99. The minimum atomic E-state index is -0.164. The van der Waals surface area contributed by atoms with Crippen LogP contribution in [0.4, 0.5) is 0 Å². The predicted octanol–water partition coefficient (Wildman–Crippen LogP) is 3.00. The first-order valence-electron chi connectivity index (χ1n) is 6.91. The van der Waals surface area contributed by atoms with Crippen LogP contribution in [0.1, 0.15) is 11.1 Å². The molecule has 0 radical (unpaired) electrons. The van der Waals surface area contributed by atoms with Crippen LogP contribution in [0, 0.1) is 3.57 Å². The third kappa shape index (κ3) is 4.95. The van der Waals surface area contributed by atoms with E-state index in [4.69, 9.17) is 9.47 Å². The average Bonchev–Trinajstić information content (AvgIpc) is 2.55. The van der Waals surface area contributed by atoms with Crippen LogP contribution in [0.2, 0.25) is 0 Å². The predicted molar refractivity (Wildman–Crippen MR) is 98.1 cm³/mol. The molecule has 6 heteroatoms. The van der Waals surface area contributed by atoms with E-state index in [1.54, 1.807) is 26.5 Å². The maximum atomic E-state index is 11.8. The summed E-state index contributed by atoms with van der Waals surface area (Å²) in [5, 5.41) is 3.99. The van der Waals surface area contributed by atoms with Crippen LogP contribution in [0.15, 0.2) is 47.6 Å². The highest BCUT2D eigenvalue weighted by molar-refractivity contribution is 14.1. The Kier molecular flexibility index (Phi) is 6.40. The zero-order chi connectivity index (χ0) is 16.7. The molecule has 0 aliphatic heterocycles. The smallest absolute Gasteiger partial charge is 0.244 e. The average molecular weight is 424 g/mol. The molecule has 2 aromatic carbocycles. The Bertz CT molecular complexity index is 702. The molecule has 0 aliphatic rings. The van der Waals surface area contributed by atoms with Crippen LogP contribution < -0.4 is 14.9 Å². The van der Waals surface area contributed by atoms with E-state index in [9.17, 15) is 4.79 Å². The number of hydrogen-bond donors (Lipinski definition) is 1. The molecule has 0 atom stereocenters. The van der Waals surface area contributed by atoms with E-state index in [1.165, 1.54) is 0 Å². The summed E-state index contributed by atoms with van der Waals surface area (Å²) in [4.78, 5) is 11.8. The second-order valence-electron chi connectivity index (χ2n) is 4.69. The first kappa shape index (κ1) is 17.3. The molecule has 0 saturated carbocycles. The Balaban J connectivity index is 2.00. The summed E-state index contributed by atoms with van der Waals surface area (Å²) < 4.78 is 11.5. The minimum absolute atomic E-state index is 0.164. The Morgan fingerprint density at radius 3 is 2.61 bits per heavy atom. The second kappa shape index (κ2) is 8.52. The Morgan fingerprint density at radius 2 is 1.96 bits per heavy atom. The molecule has 0 unspecified atom stereocenters.